The van der Waals surface area contributed by atoms with Crippen molar-refractivity contribution in [3.05, 3.63) is 39.8 Å². The van der Waals surface area contributed by atoms with Gasteiger partial charge in [-0.15, -0.1) is 11.3 Å². The molecule has 5 nitrogen and oxygen atoms in total. The molecule has 128 valence electrons. The van der Waals surface area contributed by atoms with Crippen molar-refractivity contribution < 1.29 is 4.79 Å². The molecular weight excluding hydrogens is 320 g/mol. The summed E-state index contributed by atoms with van der Waals surface area (Å²) < 4.78 is 0. The number of likely N-dealkylation sites (tertiary alicyclic amines) is 1. The molecule has 0 aliphatic carbocycles. The highest BCUT2D eigenvalue weighted by molar-refractivity contribution is 7.13. The monoisotopic (exact) mass is 344 g/mol. The van der Waals surface area contributed by atoms with E-state index < -0.39 is 0 Å². The smallest absolute Gasteiger partial charge is 0.267 e. The third kappa shape index (κ3) is 3.94. The molecule has 1 aromatic heterocycles. The third-order valence-corrected chi connectivity index (χ3v) is 5.39. The van der Waals surface area contributed by atoms with Crippen molar-refractivity contribution in [3.63, 3.8) is 0 Å². The van der Waals surface area contributed by atoms with Gasteiger partial charge in [-0.25, -0.2) is 4.98 Å². The molecule has 1 aliphatic rings. The summed E-state index contributed by atoms with van der Waals surface area (Å²) >= 11 is 1.51. The number of nitrogens with one attached hydrogen (secondary N) is 1. The quantitative estimate of drug-likeness (QED) is 0.903. The van der Waals surface area contributed by atoms with Crippen LogP contribution in [-0.4, -0.2) is 43.0 Å². The van der Waals surface area contributed by atoms with Crippen LogP contribution >= 0.6 is 11.3 Å². The minimum absolute atomic E-state index is 0.0738. The van der Waals surface area contributed by atoms with E-state index in [1.807, 2.05) is 50.2 Å². The lowest BCUT2D eigenvalue weighted by Crippen LogP contribution is -2.18. The van der Waals surface area contributed by atoms with Gasteiger partial charge in [0.2, 0.25) is 0 Å². The normalized spacial score (nSPS) is 14.8. The van der Waals surface area contributed by atoms with Crippen LogP contribution in [-0.2, 0) is 6.54 Å². The predicted molar refractivity (Wildman–Crippen MR) is 100 cm³/mol. The Morgan fingerprint density at radius 3 is 2.54 bits per heavy atom. The minimum atomic E-state index is -0.0738. The molecule has 1 N–H and O–H groups in total. The molecule has 1 aliphatic heterocycles. The topological polar surface area (TPSA) is 48.5 Å². The summed E-state index contributed by atoms with van der Waals surface area (Å²) in [5, 5.41) is 4.00. The Morgan fingerprint density at radius 1 is 1.25 bits per heavy atom. The van der Waals surface area contributed by atoms with E-state index >= 15 is 0 Å². The van der Waals surface area contributed by atoms with Gasteiger partial charge in [-0.05, 0) is 57.1 Å². The number of aryl methyl sites for hydroxylation is 1. The van der Waals surface area contributed by atoms with Crippen LogP contribution in [0.4, 0.5) is 11.4 Å². The molecule has 1 saturated heterocycles. The van der Waals surface area contributed by atoms with Crippen molar-refractivity contribution in [1.82, 2.24) is 9.88 Å². The van der Waals surface area contributed by atoms with Gasteiger partial charge in [0.05, 0.1) is 12.2 Å². The van der Waals surface area contributed by atoms with Crippen LogP contribution in [0.25, 0.3) is 0 Å². The molecule has 3 rings (SSSR count). The van der Waals surface area contributed by atoms with Gasteiger partial charge in [-0.3, -0.25) is 9.69 Å². The summed E-state index contributed by atoms with van der Waals surface area (Å²) in [4.78, 5) is 22.3. The van der Waals surface area contributed by atoms with E-state index in [1.54, 1.807) is 0 Å². The molecule has 0 radical (unpaired) electrons. The zero-order chi connectivity index (χ0) is 17.1. The summed E-state index contributed by atoms with van der Waals surface area (Å²) in [6, 6.07) is 7.84. The number of carbonyl (C=O) groups excluding carboxylic acids is 1. The number of amides is 1. The Morgan fingerprint density at radius 2 is 1.92 bits per heavy atom. The molecule has 1 fully saturated rings. The summed E-state index contributed by atoms with van der Waals surface area (Å²) in [5.41, 5.74) is 2.73. The van der Waals surface area contributed by atoms with E-state index in [1.165, 1.54) is 24.2 Å². The molecule has 6 heteroatoms. The van der Waals surface area contributed by atoms with Gasteiger partial charge in [0.1, 0.15) is 9.88 Å². The first-order valence-corrected chi connectivity index (χ1v) is 9.12. The first kappa shape index (κ1) is 16.9. The molecule has 0 bridgehead atoms. The van der Waals surface area contributed by atoms with Crippen molar-refractivity contribution in [2.24, 2.45) is 0 Å². The van der Waals surface area contributed by atoms with Gasteiger partial charge in [-0.1, -0.05) is 0 Å². The average molecular weight is 344 g/mol. The largest absolute Gasteiger partial charge is 0.378 e. The molecule has 0 saturated carbocycles. The van der Waals surface area contributed by atoms with E-state index in [2.05, 4.69) is 15.2 Å². The highest BCUT2D eigenvalue weighted by Crippen LogP contribution is 2.23. The maximum atomic E-state index is 12.5. The van der Waals surface area contributed by atoms with E-state index in [4.69, 9.17) is 0 Å². The van der Waals surface area contributed by atoms with Crippen LogP contribution in [0.3, 0.4) is 0 Å². The van der Waals surface area contributed by atoms with Crippen LogP contribution < -0.4 is 10.2 Å². The second-order valence-corrected chi connectivity index (χ2v) is 7.48. The van der Waals surface area contributed by atoms with Crippen LogP contribution in [0, 0.1) is 6.92 Å². The molecule has 0 spiro atoms. The number of anilines is 2. The van der Waals surface area contributed by atoms with Gasteiger partial charge in [-0.2, -0.15) is 0 Å². The summed E-state index contributed by atoms with van der Waals surface area (Å²) in [7, 11) is 3.99. The number of aromatic nitrogens is 1. The molecule has 0 atom stereocenters. The van der Waals surface area contributed by atoms with Gasteiger partial charge in [0.25, 0.3) is 5.91 Å². The van der Waals surface area contributed by atoms with Crippen LogP contribution in [0.15, 0.2) is 24.3 Å². The molecule has 1 amide bonds. The Balaban J connectivity index is 1.66. The molecule has 24 heavy (non-hydrogen) atoms. The summed E-state index contributed by atoms with van der Waals surface area (Å²) in [6.07, 6.45) is 2.53. The number of thiazole rings is 1. The SMILES string of the molecule is Cc1nc(CN2CCCC2)sc1C(=O)Nc1ccc(N(C)C)cc1. The lowest BCUT2D eigenvalue weighted by Gasteiger charge is -2.13. The number of nitrogens with zero attached hydrogens (tertiary/aromatic N) is 3. The maximum absolute atomic E-state index is 12.5. The fourth-order valence-electron chi connectivity index (χ4n) is 2.89. The van der Waals surface area contributed by atoms with Crippen molar-refractivity contribution in [2.45, 2.75) is 26.3 Å². The van der Waals surface area contributed by atoms with E-state index in [9.17, 15) is 4.79 Å². The van der Waals surface area contributed by atoms with Crippen molar-refractivity contribution >= 4 is 28.6 Å². The van der Waals surface area contributed by atoms with E-state index in [-0.39, 0.29) is 5.91 Å². The first-order valence-electron chi connectivity index (χ1n) is 8.30. The highest BCUT2D eigenvalue weighted by atomic mass is 32.1. The molecule has 1 aromatic carbocycles. The molecule has 2 heterocycles. The van der Waals surface area contributed by atoms with Gasteiger partial charge < -0.3 is 10.2 Å². The minimum Gasteiger partial charge on any atom is -0.378 e. The molecule has 2 aromatic rings. The number of hydrogen-bond acceptors (Lipinski definition) is 5. The standard InChI is InChI=1S/C18H24N4OS/c1-13-17(24-16(19-13)12-22-10-4-5-11-22)18(23)20-14-6-8-15(9-7-14)21(2)3/h6-9H,4-5,10-12H2,1-3H3,(H,20,23). The van der Waals surface area contributed by atoms with Crippen LogP contribution in [0.2, 0.25) is 0 Å². The second-order valence-electron chi connectivity index (χ2n) is 6.40. The van der Waals surface area contributed by atoms with Gasteiger partial charge >= 0.3 is 0 Å². The zero-order valence-corrected chi connectivity index (χ0v) is 15.3. The molecule has 0 unspecified atom stereocenters. The van der Waals surface area contributed by atoms with E-state index in [0.29, 0.717) is 4.88 Å². The van der Waals surface area contributed by atoms with E-state index in [0.717, 1.165) is 41.7 Å². The van der Waals surface area contributed by atoms with Crippen molar-refractivity contribution in [3.8, 4) is 0 Å². The van der Waals surface area contributed by atoms with Gasteiger partial charge in [0, 0.05) is 25.5 Å². The third-order valence-electron chi connectivity index (χ3n) is 4.25. The van der Waals surface area contributed by atoms with Crippen LogP contribution in [0.1, 0.15) is 33.2 Å². The number of carbonyl (C=O) groups is 1. The Labute approximate surface area is 147 Å². The Hall–Kier alpha value is -1.92. The lowest BCUT2D eigenvalue weighted by molar-refractivity contribution is 0.103. The number of rotatable bonds is 5. The first-order chi connectivity index (χ1) is 11.5. The Kier molecular flexibility index (Phi) is 5.16. The average Bonchev–Trinajstić information content (AvgIpc) is 3.18. The van der Waals surface area contributed by atoms with Crippen molar-refractivity contribution in [2.75, 3.05) is 37.4 Å². The zero-order valence-electron chi connectivity index (χ0n) is 14.5. The maximum Gasteiger partial charge on any atom is 0.267 e. The second kappa shape index (κ2) is 7.32. The summed E-state index contributed by atoms with van der Waals surface area (Å²) in [6.45, 7) is 5.04. The highest BCUT2D eigenvalue weighted by Gasteiger charge is 2.18. The van der Waals surface area contributed by atoms with Crippen LogP contribution in [0.5, 0.6) is 0 Å². The predicted octanol–water partition coefficient (Wildman–Crippen LogP) is 3.37. The van der Waals surface area contributed by atoms with Gasteiger partial charge in [0.15, 0.2) is 0 Å². The lowest BCUT2D eigenvalue weighted by atomic mass is 10.2. The van der Waals surface area contributed by atoms with Crippen molar-refractivity contribution in [1.29, 1.82) is 0 Å². The fraction of sp³-hybridized carbons (Fsp3) is 0.444. The molecular formula is C18H24N4OS. The number of benzene rings is 1. The summed E-state index contributed by atoms with van der Waals surface area (Å²) in [5.74, 6) is -0.0738. The fourth-order valence-corrected chi connectivity index (χ4v) is 3.90. The Bertz CT molecular complexity index is 702. The number of hydrogen-bond donors (Lipinski definition) is 1.